The Morgan fingerprint density at radius 1 is 1.08 bits per heavy atom. The Kier molecular flexibility index (Phi) is 5.79. The van der Waals surface area contributed by atoms with Crippen molar-refractivity contribution in [3.8, 4) is 0 Å². The lowest BCUT2D eigenvalue weighted by atomic mass is 10.1. The van der Waals surface area contributed by atoms with E-state index < -0.39 is 21.8 Å². The van der Waals surface area contributed by atoms with Crippen LogP contribution in [0.4, 0.5) is 10.1 Å². The molecule has 5 nitrogen and oxygen atoms in total. The van der Waals surface area contributed by atoms with Crippen LogP contribution in [0.1, 0.15) is 24.0 Å². The molecule has 0 aliphatic rings. The Balaban J connectivity index is 2.45. The molecule has 0 aromatic heterocycles. The number of anilines is 1. The van der Waals surface area contributed by atoms with E-state index in [9.17, 15) is 17.6 Å². The largest absolute Gasteiger partial charge is 0.481 e. The average Bonchev–Trinajstić information content (AvgIpc) is 2.50. The summed E-state index contributed by atoms with van der Waals surface area (Å²) in [5.74, 6) is -1.51. The van der Waals surface area contributed by atoms with Crippen LogP contribution in [0.3, 0.4) is 0 Å². The molecule has 0 radical (unpaired) electrons. The van der Waals surface area contributed by atoms with Gasteiger partial charge in [-0.25, -0.2) is 12.8 Å². The molecule has 0 aliphatic heterocycles. The number of nitrogens with zero attached hydrogens (tertiary/aromatic N) is 1. The van der Waals surface area contributed by atoms with Gasteiger partial charge in [0.05, 0.1) is 10.6 Å². The van der Waals surface area contributed by atoms with Gasteiger partial charge in [0.2, 0.25) is 0 Å². The van der Waals surface area contributed by atoms with Gasteiger partial charge >= 0.3 is 5.97 Å². The zero-order valence-corrected chi connectivity index (χ0v) is 14.9. The summed E-state index contributed by atoms with van der Waals surface area (Å²) < 4.78 is 40.3. The number of carboxylic acid groups (broad SMARTS) is 1. The molecule has 7 heteroatoms. The summed E-state index contributed by atoms with van der Waals surface area (Å²) >= 11 is 0. The van der Waals surface area contributed by atoms with E-state index >= 15 is 0 Å². The summed E-state index contributed by atoms with van der Waals surface area (Å²) in [7, 11) is -3.93. The molecule has 134 valence electrons. The number of rotatable bonds is 7. The summed E-state index contributed by atoms with van der Waals surface area (Å²) in [6.45, 7) is 3.74. The number of halogens is 1. The van der Waals surface area contributed by atoms with E-state index in [0.717, 1.165) is 23.3 Å². The number of sulfonamides is 1. The van der Waals surface area contributed by atoms with Crippen LogP contribution in [-0.4, -0.2) is 26.0 Å². The summed E-state index contributed by atoms with van der Waals surface area (Å²) in [6, 6.07) is 9.97. The normalized spacial score (nSPS) is 11.3. The van der Waals surface area contributed by atoms with E-state index in [0.29, 0.717) is 5.69 Å². The summed E-state index contributed by atoms with van der Waals surface area (Å²) in [6.07, 6.45) is 0.0307. The third kappa shape index (κ3) is 4.79. The van der Waals surface area contributed by atoms with Crippen LogP contribution in [0.5, 0.6) is 0 Å². The fraction of sp³-hybridized carbons (Fsp3) is 0.278. The molecule has 0 heterocycles. The SMILES string of the molecule is Cc1cc(C)cc(N(CCCC(=O)O)S(=O)(=O)c2ccc(F)cc2)c1. The molecule has 0 unspecified atom stereocenters. The smallest absolute Gasteiger partial charge is 0.303 e. The van der Waals surface area contributed by atoms with Crippen molar-refractivity contribution in [3.63, 3.8) is 0 Å². The first-order valence-corrected chi connectivity index (χ1v) is 9.22. The summed E-state index contributed by atoms with van der Waals surface area (Å²) in [5, 5.41) is 8.83. The predicted molar refractivity (Wildman–Crippen MR) is 93.7 cm³/mol. The van der Waals surface area contributed by atoms with Gasteiger partial charge in [0, 0.05) is 13.0 Å². The molecule has 0 saturated heterocycles. The van der Waals surface area contributed by atoms with Gasteiger partial charge in [-0.2, -0.15) is 0 Å². The van der Waals surface area contributed by atoms with Crippen molar-refractivity contribution < 1.29 is 22.7 Å². The molecule has 0 spiro atoms. The maximum atomic E-state index is 13.1. The van der Waals surface area contributed by atoms with Crippen molar-refractivity contribution in [1.82, 2.24) is 0 Å². The van der Waals surface area contributed by atoms with E-state index in [-0.39, 0.29) is 24.3 Å². The van der Waals surface area contributed by atoms with Gasteiger partial charge < -0.3 is 5.11 Å². The first kappa shape index (κ1) is 18.9. The van der Waals surface area contributed by atoms with Crippen LogP contribution in [0.2, 0.25) is 0 Å². The molecule has 25 heavy (non-hydrogen) atoms. The molecule has 0 fully saturated rings. The molecular formula is C18H20FNO4S. The van der Waals surface area contributed by atoms with Crippen molar-refractivity contribution in [3.05, 3.63) is 59.4 Å². The minimum absolute atomic E-state index is 0.0227. The number of aryl methyl sites for hydroxylation is 2. The maximum absolute atomic E-state index is 13.1. The van der Waals surface area contributed by atoms with Gasteiger partial charge in [-0.1, -0.05) is 6.07 Å². The third-order valence-electron chi connectivity index (χ3n) is 3.65. The molecular weight excluding hydrogens is 345 g/mol. The molecule has 2 aromatic rings. The first-order chi connectivity index (χ1) is 11.7. The van der Waals surface area contributed by atoms with E-state index in [1.807, 2.05) is 19.9 Å². The Morgan fingerprint density at radius 3 is 2.16 bits per heavy atom. The first-order valence-electron chi connectivity index (χ1n) is 7.78. The van der Waals surface area contributed by atoms with Crippen LogP contribution in [0.25, 0.3) is 0 Å². The molecule has 1 N–H and O–H groups in total. The average molecular weight is 365 g/mol. The van der Waals surface area contributed by atoms with E-state index in [4.69, 9.17) is 5.11 Å². The Hall–Kier alpha value is -2.41. The van der Waals surface area contributed by atoms with Crippen molar-refractivity contribution in [2.24, 2.45) is 0 Å². The van der Waals surface area contributed by atoms with Crippen molar-refractivity contribution in [2.45, 2.75) is 31.6 Å². The molecule has 0 bridgehead atoms. The van der Waals surface area contributed by atoms with Crippen LogP contribution in [0, 0.1) is 19.7 Å². The quantitative estimate of drug-likeness (QED) is 0.815. The maximum Gasteiger partial charge on any atom is 0.303 e. The Labute approximate surface area is 146 Å². The predicted octanol–water partition coefficient (Wildman–Crippen LogP) is 3.50. The van der Waals surface area contributed by atoms with Crippen LogP contribution in [0.15, 0.2) is 47.4 Å². The summed E-state index contributed by atoms with van der Waals surface area (Å²) in [4.78, 5) is 10.7. The minimum Gasteiger partial charge on any atom is -0.481 e. The number of aliphatic carboxylic acids is 1. The van der Waals surface area contributed by atoms with E-state index in [1.54, 1.807) is 12.1 Å². The van der Waals surface area contributed by atoms with Gasteiger partial charge in [-0.05, 0) is 67.8 Å². The second-order valence-electron chi connectivity index (χ2n) is 5.87. The minimum atomic E-state index is -3.93. The van der Waals surface area contributed by atoms with Gasteiger partial charge in [-0.15, -0.1) is 0 Å². The van der Waals surface area contributed by atoms with Gasteiger partial charge in [-0.3, -0.25) is 9.10 Å². The molecule has 2 rings (SSSR count). The van der Waals surface area contributed by atoms with Crippen molar-refractivity contribution in [2.75, 3.05) is 10.8 Å². The second kappa shape index (κ2) is 7.65. The van der Waals surface area contributed by atoms with Crippen molar-refractivity contribution in [1.29, 1.82) is 0 Å². The highest BCUT2D eigenvalue weighted by atomic mass is 32.2. The van der Waals surface area contributed by atoms with Crippen LogP contribution >= 0.6 is 0 Å². The number of carboxylic acids is 1. The monoisotopic (exact) mass is 365 g/mol. The zero-order chi connectivity index (χ0) is 18.6. The lowest BCUT2D eigenvalue weighted by Crippen LogP contribution is -2.32. The fourth-order valence-electron chi connectivity index (χ4n) is 2.59. The summed E-state index contributed by atoms with van der Waals surface area (Å²) in [5.41, 5.74) is 2.26. The van der Waals surface area contributed by atoms with Gasteiger partial charge in [0.25, 0.3) is 10.0 Å². The lowest BCUT2D eigenvalue weighted by Gasteiger charge is -2.25. The van der Waals surface area contributed by atoms with Crippen LogP contribution in [-0.2, 0) is 14.8 Å². The highest BCUT2D eigenvalue weighted by molar-refractivity contribution is 7.92. The number of benzene rings is 2. The molecule has 0 aliphatic carbocycles. The molecule has 0 atom stereocenters. The third-order valence-corrected chi connectivity index (χ3v) is 5.49. The Morgan fingerprint density at radius 2 is 1.64 bits per heavy atom. The van der Waals surface area contributed by atoms with Gasteiger partial charge in [0.15, 0.2) is 0 Å². The Bertz CT molecular complexity index is 843. The number of carbonyl (C=O) groups is 1. The number of hydrogen-bond donors (Lipinski definition) is 1. The van der Waals surface area contributed by atoms with Crippen LogP contribution < -0.4 is 4.31 Å². The van der Waals surface area contributed by atoms with E-state index in [1.165, 1.54) is 16.4 Å². The lowest BCUT2D eigenvalue weighted by molar-refractivity contribution is -0.137. The molecule has 2 aromatic carbocycles. The highest BCUT2D eigenvalue weighted by Gasteiger charge is 2.25. The standard InChI is InChI=1S/C18H20FNO4S/c1-13-10-14(2)12-16(11-13)20(9-3-4-18(21)22)25(23,24)17-7-5-15(19)6-8-17/h5-8,10-12H,3-4,9H2,1-2H3,(H,21,22). The molecule has 0 saturated carbocycles. The number of hydrogen-bond acceptors (Lipinski definition) is 3. The van der Waals surface area contributed by atoms with Crippen molar-refractivity contribution >= 4 is 21.7 Å². The zero-order valence-electron chi connectivity index (χ0n) is 14.1. The highest BCUT2D eigenvalue weighted by Crippen LogP contribution is 2.26. The molecule has 0 amide bonds. The van der Waals surface area contributed by atoms with E-state index in [2.05, 4.69) is 0 Å². The second-order valence-corrected chi connectivity index (χ2v) is 7.74. The van der Waals surface area contributed by atoms with Gasteiger partial charge in [0.1, 0.15) is 5.82 Å². The fourth-order valence-corrected chi connectivity index (χ4v) is 4.08. The topological polar surface area (TPSA) is 74.7 Å².